The smallest absolute Gasteiger partial charge is 0.309 e. The molecular formula is C24H33FN2O4. The zero-order valence-electron chi connectivity index (χ0n) is 18.6. The average molecular weight is 433 g/mol. The van der Waals surface area contributed by atoms with E-state index in [1.54, 1.807) is 11.8 Å². The lowest BCUT2D eigenvalue weighted by Gasteiger charge is -2.35. The molecule has 1 heterocycles. The van der Waals surface area contributed by atoms with Crippen molar-refractivity contribution in [3.05, 3.63) is 35.6 Å². The van der Waals surface area contributed by atoms with Gasteiger partial charge in [-0.2, -0.15) is 0 Å². The van der Waals surface area contributed by atoms with Crippen LogP contribution in [0.1, 0.15) is 63.2 Å². The molecule has 1 aliphatic heterocycles. The number of halogens is 1. The minimum atomic E-state index is -0.837. The quantitative estimate of drug-likeness (QED) is 0.722. The van der Waals surface area contributed by atoms with Gasteiger partial charge in [-0.25, -0.2) is 4.39 Å². The first-order valence-electron chi connectivity index (χ1n) is 11.3. The molecule has 4 atom stereocenters. The number of esters is 1. The van der Waals surface area contributed by atoms with Crippen LogP contribution in [-0.4, -0.2) is 47.9 Å². The third-order valence-corrected chi connectivity index (χ3v) is 6.90. The minimum Gasteiger partial charge on any atom is -0.452 e. The van der Waals surface area contributed by atoms with Gasteiger partial charge in [0.1, 0.15) is 5.82 Å². The number of hydrogen-bond acceptors (Lipinski definition) is 4. The van der Waals surface area contributed by atoms with Crippen LogP contribution in [-0.2, 0) is 14.3 Å². The Morgan fingerprint density at radius 1 is 1.06 bits per heavy atom. The van der Waals surface area contributed by atoms with Gasteiger partial charge in [0, 0.05) is 24.7 Å². The van der Waals surface area contributed by atoms with Gasteiger partial charge in [-0.15, -0.1) is 0 Å². The molecule has 1 saturated heterocycles. The highest BCUT2D eigenvalue weighted by Gasteiger charge is 2.33. The number of hydrogen-bond donors (Lipinski definition) is 1. The average Bonchev–Trinajstić information content (AvgIpc) is 2.77. The third-order valence-electron chi connectivity index (χ3n) is 6.90. The summed E-state index contributed by atoms with van der Waals surface area (Å²) in [5.41, 5.74) is 0.430. The van der Waals surface area contributed by atoms with E-state index in [0.29, 0.717) is 43.3 Å². The van der Waals surface area contributed by atoms with Crippen LogP contribution < -0.4 is 5.32 Å². The number of piperidine rings is 1. The molecule has 1 saturated carbocycles. The molecule has 2 aliphatic rings. The Labute approximate surface area is 183 Å². The molecule has 6 nitrogen and oxygen atoms in total. The van der Waals surface area contributed by atoms with E-state index in [0.717, 1.165) is 12.8 Å². The maximum absolute atomic E-state index is 13.1. The summed E-state index contributed by atoms with van der Waals surface area (Å²) in [5, 5.41) is 3.06. The maximum atomic E-state index is 13.1. The van der Waals surface area contributed by atoms with E-state index < -0.39 is 6.10 Å². The predicted octanol–water partition coefficient (Wildman–Crippen LogP) is 3.55. The van der Waals surface area contributed by atoms with Crippen molar-refractivity contribution in [3.63, 3.8) is 0 Å². The molecule has 0 unspecified atom stereocenters. The number of benzene rings is 1. The summed E-state index contributed by atoms with van der Waals surface area (Å²) in [6.07, 6.45) is 3.36. The second-order valence-corrected chi connectivity index (χ2v) is 9.03. The van der Waals surface area contributed by atoms with Crippen molar-refractivity contribution >= 4 is 17.8 Å². The Hall–Kier alpha value is -2.44. The number of nitrogens with zero attached hydrogens (tertiary/aromatic N) is 1. The SMILES string of the molecule is C[C@H]1[C@H](C)CCC[C@H]1NC(=O)[C@H](C)OC(=O)C1CCN(C(=O)c2ccc(F)cc2)CC1. The molecule has 2 fully saturated rings. The van der Waals surface area contributed by atoms with Crippen molar-refractivity contribution in [2.45, 2.75) is 65.0 Å². The van der Waals surface area contributed by atoms with Crippen LogP contribution >= 0.6 is 0 Å². The van der Waals surface area contributed by atoms with Gasteiger partial charge in [-0.3, -0.25) is 14.4 Å². The van der Waals surface area contributed by atoms with E-state index in [9.17, 15) is 18.8 Å². The Kier molecular flexibility index (Phi) is 7.68. The first-order chi connectivity index (χ1) is 14.8. The molecule has 0 bridgehead atoms. The molecule has 170 valence electrons. The monoisotopic (exact) mass is 432 g/mol. The van der Waals surface area contributed by atoms with Crippen LogP contribution in [0.15, 0.2) is 24.3 Å². The summed E-state index contributed by atoms with van der Waals surface area (Å²) in [5.74, 6) is -0.548. The molecule has 2 amide bonds. The minimum absolute atomic E-state index is 0.123. The second kappa shape index (κ2) is 10.2. The molecule has 1 aromatic rings. The molecule has 0 aromatic heterocycles. The number of nitrogens with one attached hydrogen (secondary N) is 1. The third kappa shape index (κ3) is 5.83. The van der Waals surface area contributed by atoms with Gasteiger partial charge in [-0.05, 0) is 62.3 Å². The highest BCUT2D eigenvalue weighted by atomic mass is 19.1. The lowest BCUT2D eigenvalue weighted by Crippen LogP contribution is -2.48. The topological polar surface area (TPSA) is 75.7 Å². The van der Waals surface area contributed by atoms with Gasteiger partial charge in [0.05, 0.1) is 5.92 Å². The van der Waals surface area contributed by atoms with E-state index in [2.05, 4.69) is 19.2 Å². The molecule has 0 radical (unpaired) electrons. The van der Waals surface area contributed by atoms with Crippen LogP contribution in [0.5, 0.6) is 0 Å². The van der Waals surface area contributed by atoms with E-state index in [1.807, 2.05) is 0 Å². The Morgan fingerprint density at radius 3 is 2.35 bits per heavy atom. The summed E-state index contributed by atoms with van der Waals surface area (Å²) in [6, 6.07) is 5.58. The number of rotatable bonds is 5. The van der Waals surface area contributed by atoms with Gasteiger partial charge >= 0.3 is 5.97 Å². The zero-order valence-corrected chi connectivity index (χ0v) is 18.6. The number of amides is 2. The van der Waals surface area contributed by atoms with Crippen molar-refractivity contribution in [2.75, 3.05) is 13.1 Å². The summed E-state index contributed by atoms with van der Waals surface area (Å²) in [7, 11) is 0. The highest BCUT2D eigenvalue weighted by molar-refractivity contribution is 5.94. The molecule has 0 spiro atoms. The second-order valence-electron chi connectivity index (χ2n) is 9.03. The number of likely N-dealkylation sites (tertiary alicyclic amines) is 1. The van der Waals surface area contributed by atoms with Gasteiger partial charge in [0.25, 0.3) is 11.8 Å². The fraction of sp³-hybridized carbons (Fsp3) is 0.625. The summed E-state index contributed by atoms with van der Waals surface area (Å²) in [4.78, 5) is 39.3. The maximum Gasteiger partial charge on any atom is 0.309 e. The Morgan fingerprint density at radius 2 is 1.71 bits per heavy atom. The number of ether oxygens (including phenoxy) is 1. The van der Waals surface area contributed by atoms with Crippen LogP contribution in [0.2, 0.25) is 0 Å². The lowest BCUT2D eigenvalue weighted by molar-refractivity contribution is -0.160. The van der Waals surface area contributed by atoms with Crippen molar-refractivity contribution in [1.29, 1.82) is 0 Å². The van der Waals surface area contributed by atoms with Gasteiger partial charge in [-0.1, -0.05) is 26.7 Å². The zero-order chi connectivity index (χ0) is 22.5. The molecule has 1 N–H and O–H groups in total. The molecule has 1 aliphatic carbocycles. The predicted molar refractivity (Wildman–Crippen MR) is 115 cm³/mol. The van der Waals surface area contributed by atoms with E-state index in [-0.39, 0.29) is 35.6 Å². The van der Waals surface area contributed by atoms with Crippen LogP contribution in [0.25, 0.3) is 0 Å². The Balaban J connectivity index is 1.45. The van der Waals surface area contributed by atoms with Crippen molar-refractivity contribution in [1.82, 2.24) is 10.2 Å². The highest BCUT2D eigenvalue weighted by Crippen LogP contribution is 2.29. The summed E-state index contributed by atoms with van der Waals surface area (Å²) in [6.45, 7) is 6.82. The summed E-state index contributed by atoms with van der Waals surface area (Å²) < 4.78 is 18.5. The van der Waals surface area contributed by atoms with Crippen molar-refractivity contribution in [3.8, 4) is 0 Å². The molecule has 7 heteroatoms. The normalized spacial score (nSPS) is 25.5. The Bertz CT molecular complexity index is 789. The van der Waals surface area contributed by atoms with Gasteiger partial charge < -0.3 is 15.0 Å². The molecular weight excluding hydrogens is 399 g/mol. The number of carbonyl (C=O) groups excluding carboxylic acids is 3. The first kappa shape index (κ1) is 23.2. The molecule has 3 rings (SSSR count). The van der Waals surface area contributed by atoms with Crippen molar-refractivity contribution in [2.24, 2.45) is 17.8 Å². The van der Waals surface area contributed by atoms with Crippen LogP contribution in [0.3, 0.4) is 0 Å². The van der Waals surface area contributed by atoms with Gasteiger partial charge in [0.2, 0.25) is 0 Å². The van der Waals surface area contributed by atoms with E-state index in [1.165, 1.54) is 30.7 Å². The fourth-order valence-corrected chi connectivity index (χ4v) is 4.50. The molecule has 1 aromatic carbocycles. The first-order valence-corrected chi connectivity index (χ1v) is 11.3. The molecule has 31 heavy (non-hydrogen) atoms. The van der Waals surface area contributed by atoms with E-state index >= 15 is 0 Å². The standard InChI is InChI=1S/C24H33FN2O4/c1-15-5-4-6-21(16(15)2)26-22(28)17(3)31-24(30)19-11-13-27(14-12-19)23(29)18-7-9-20(25)10-8-18/h7-10,15-17,19,21H,4-6,11-14H2,1-3H3,(H,26,28)/t15-,16+,17+,21-/m1/s1. The lowest BCUT2D eigenvalue weighted by atomic mass is 9.78. The van der Waals surface area contributed by atoms with Gasteiger partial charge in [0.15, 0.2) is 6.10 Å². The van der Waals surface area contributed by atoms with Crippen molar-refractivity contribution < 1.29 is 23.5 Å². The van der Waals surface area contributed by atoms with Crippen LogP contribution in [0, 0.1) is 23.6 Å². The largest absolute Gasteiger partial charge is 0.452 e. The van der Waals surface area contributed by atoms with E-state index in [4.69, 9.17) is 4.74 Å². The fourth-order valence-electron chi connectivity index (χ4n) is 4.50. The number of carbonyl (C=O) groups is 3. The van der Waals surface area contributed by atoms with Crippen LogP contribution in [0.4, 0.5) is 4.39 Å². The summed E-state index contributed by atoms with van der Waals surface area (Å²) >= 11 is 0.